The van der Waals surface area contributed by atoms with Crippen LogP contribution < -0.4 is 5.73 Å². The van der Waals surface area contributed by atoms with Crippen LogP contribution in [0.2, 0.25) is 0 Å². The number of hydrogen-bond acceptors (Lipinski definition) is 7. The van der Waals surface area contributed by atoms with Crippen LogP contribution in [0.4, 0.5) is 5.95 Å². The van der Waals surface area contributed by atoms with Crippen molar-refractivity contribution in [3.8, 4) is 11.6 Å². The smallest absolute Gasteiger partial charge is 0.254 e. The number of fused-ring (bicyclic) bond motifs is 3. The molecule has 5 rings (SSSR count). The molecule has 2 N–H and O–H groups in total. The first kappa shape index (κ1) is 18.8. The molecule has 0 spiro atoms. The number of nitrogen functional groups attached to an aromatic ring is 1. The zero-order chi connectivity index (χ0) is 21.8. The van der Waals surface area contributed by atoms with Gasteiger partial charge in [-0.25, -0.2) is 9.67 Å². The second-order valence-electron chi connectivity index (χ2n) is 7.55. The summed E-state index contributed by atoms with van der Waals surface area (Å²) in [6.45, 7) is 1.82. The Bertz CT molecular complexity index is 1400. The van der Waals surface area contributed by atoms with Gasteiger partial charge in [0.1, 0.15) is 0 Å². The van der Waals surface area contributed by atoms with Crippen molar-refractivity contribution in [3.63, 3.8) is 0 Å². The van der Waals surface area contributed by atoms with Gasteiger partial charge in [-0.1, -0.05) is 30.3 Å². The summed E-state index contributed by atoms with van der Waals surface area (Å²) >= 11 is 0. The van der Waals surface area contributed by atoms with Gasteiger partial charge in [0.25, 0.3) is 5.91 Å². The maximum Gasteiger partial charge on any atom is 0.254 e. The standard InChI is InChI=1S/C21H20N8O2/c1-21(19(30)27(2)3,13-8-5-4-6-9-13)29-18-14(12-23-29)17-24-16(15-10-7-11-31-15)26-28(17)20(22)25-18/h4-12H,1-3H3,(H2,22,25). The Kier molecular flexibility index (Phi) is 4.04. The van der Waals surface area contributed by atoms with Crippen LogP contribution in [0.1, 0.15) is 12.5 Å². The first-order valence-corrected chi connectivity index (χ1v) is 9.63. The Hall–Kier alpha value is -4.21. The summed E-state index contributed by atoms with van der Waals surface area (Å²) in [5, 5.41) is 9.59. The number of likely N-dealkylation sites (N-methyl/N-ethyl adjacent to an activating group) is 1. The van der Waals surface area contributed by atoms with Gasteiger partial charge in [-0.05, 0) is 24.6 Å². The van der Waals surface area contributed by atoms with Crippen LogP contribution in [0, 0.1) is 0 Å². The highest BCUT2D eigenvalue weighted by molar-refractivity contribution is 5.94. The van der Waals surface area contributed by atoms with Crippen LogP contribution in [0.5, 0.6) is 0 Å². The van der Waals surface area contributed by atoms with Gasteiger partial charge in [0.15, 0.2) is 22.6 Å². The molecule has 1 atom stereocenters. The van der Waals surface area contributed by atoms with E-state index in [2.05, 4.69) is 20.2 Å². The summed E-state index contributed by atoms with van der Waals surface area (Å²) in [7, 11) is 3.42. The Balaban J connectivity index is 1.79. The highest BCUT2D eigenvalue weighted by Gasteiger charge is 2.41. The molecule has 0 aliphatic heterocycles. The predicted octanol–water partition coefficient (Wildman–Crippen LogP) is 2.17. The number of nitrogens with two attached hydrogens (primary N) is 1. The molecule has 5 aromatic rings. The number of furan rings is 1. The highest BCUT2D eigenvalue weighted by atomic mass is 16.3. The molecule has 1 aromatic carbocycles. The molecule has 4 aromatic heterocycles. The van der Waals surface area contributed by atoms with Gasteiger partial charge < -0.3 is 15.1 Å². The van der Waals surface area contributed by atoms with E-state index in [-0.39, 0.29) is 11.9 Å². The minimum absolute atomic E-state index is 0.127. The number of benzene rings is 1. The summed E-state index contributed by atoms with van der Waals surface area (Å²) in [4.78, 5) is 24.0. The van der Waals surface area contributed by atoms with Crippen molar-refractivity contribution >= 4 is 28.5 Å². The second-order valence-corrected chi connectivity index (χ2v) is 7.55. The fourth-order valence-electron chi connectivity index (χ4n) is 3.78. The monoisotopic (exact) mass is 416 g/mol. The molecular formula is C21H20N8O2. The first-order valence-electron chi connectivity index (χ1n) is 9.63. The van der Waals surface area contributed by atoms with Crippen LogP contribution in [-0.4, -0.2) is 54.3 Å². The van der Waals surface area contributed by atoms with Crippen molar-refractivity contribution in [2.45, 2.75) is 12.5 Å². The predicted molar refractivity (Wildman–Crippen MR) is 114 cm³/mol. The lowest BCUT2D eigenvalue weighted by atomic mass is 9.90. The minimum atomic E-state index is -1.14. The Morgan fingerprint density at radius 3 is 2.55 bits per heavy atom. The van der Waals surface area contributed by atoms with Gasteiger partial charge in [-0.2, -0.15) is 14.6 Å². The molecule has 0 aliphatic carbocycles. The molecule has 1 amide bonds. The molecular weight excluding hydrogens is 396 g/mol. The average molecular weight is 416 g/mol. The van der Waals surface area contributed by atoms with Crippen molar-refractivity contribution in [2.75, 3.05) is 19.8 Å². The van der Waals surface area contributed by atoms with E-state index in [0.29, 0.717) is 28.3 Å². The molecule has 0 saturated carbocycles. The molecule has 0 radical (unpaired) electrons. The normalized spacial score (nSPS) is 13.5. The minimum Gasteiger partial charge on any atom is -0.461 e. The highest BCUT2D eigenvalue weighted by Crippen LogP contribution is 2.32. The molecule has 0 saturated heterocycles. The fourth-order valence-corrected chi connectivity index (χ4v) is 3.78. The Morgan fingerprint density at radius 1 is 1.10 bits per heavy atom. The molecule has 31 heavy (non-hydrogen) atoms. The fraction of sp³-hybridized carbons (Fsp3) is 0.190. The first-order chi connectivity index (χ1) is 14.9. The van der Waals surface area contributed by atoms with Crippen molar-refractivity contribution in [2.24, 2.45) is 0 Å². The van der Waals surface area contributed by atoms with Crippen molar-refractivity contribution in [1.82, 2.24) is 34.3 Å². The summed E-state index contributed by atoms with van der Waals surface area (Å²) in [6.07, 6.45) is 3.18. The molecule has 10 nitrogen and oxygen atoms in total. The zero-order valence-electron chi connectivity index (χ0n) is 17.2. The summed E-state index contributed by atoms with van der Waals surface area (Å²) in [6, 6.07) is 13.0. The van der Waals surface area contributed by atoms with E-state index in [1.54, 1.807) is 43.4 Å². The molecule has 4 heterocycles. The van der Waals surface area contributed by atoms with Gasteiger partial charge in [0.05, 0.1) is 17.8 Å². The Morgan fingerprint density at radius 2 is 1.87 bits per heavy atom. The van der Waals surface area contributed by atoms with Gasteiger partial charge in [0.2, 0.25) is 11.8 Å². The molecule has 0 fully saturated rings. The van der Waals surface area contributed by atoms with Crippen LogP contribution in [0.3, 0.4) is 0 Å². The van der Waals surface area contributed by atoms with Gasteiger partial charge in [-0.15, -0.1) is 5.10 Å². The van der Waals surface area contributed by atoms with E-state index in [9.17, 15) is 4.79 Å². The maximum atomic E-state index is 13.4. The number of carbonyl (C=O) groups excluding carboxylic acids is 1. The molecule has 156 valence electrons. The number of anilines is 1. The van der Waals surface area contributed by atoms with Crippen LogP contribution in [0.15, 0.2) is 59.3 Å². The van der Waals surface area contributed by atoms with Gasteiger partial charge in [-0.3, -0.25) is 4.79 Å². The van der Waals surface area contributed by atoms with Crippen molar-refractivity contribution in [1.29, 1.82) is 0 Å². The van der Waals surface area contributed by atoms with Gasteiger partial charge in [0, 0.05) is 14.1 Å². The number of hydrogen-bond donors (Lipinski definition) is 1. The number of aromatic nitrogens is 6. The van der Waals surface area contributed by atoms with E-state index < -0.39 is 5.54 Å². The second kappa shape index (κ2) is 6.66. The molecule has 0 aliphatic rings. The lowest BCUT2D eigenvalue weighted by Crippen LogP contribution is -2.47. The van der Waals surface area contributed by atoms with Crippen LogP contribution in [-0.2, 0) is 10.3 Å². The Labute approximate surface area is 176 Å². The van der Waals surface area contributed by atoms with Gasteiger partial charge >= 0.3 is 0 Å². The number of amides is 1. The largest absolute Gasteiger partial charge is 0.461 e. The van der Waals surface area contributed by atoms with E-state index in [0.717, 1.165) is 5.56 Å². The molecule has 1 unspecified atom stereocenters. The topological polar surface area (TPSA) is 120 Å². The summed E-state index contributed by atoms with van der Waals surface area (Å²) in [5.41, 5.74) is 6.76. The lowest BCUT2D eigenvalue weighted by molar-refractivity contribution is -0.135. The van der Waals surface area contributed by atoms with Crippen LogP contribution in [0.25, 0.3) is 28.3 Å². The van der Waals surface area contributed by atoms with E-state index in [1.165, 1.54) is 9.42 Å². The summed E-state index contributed by atoms with van der Waals surface area (Å²) < 4.78 is 8.44. The third-order valence-corrected chi connectivity index (χ3v) is 5.35. The zero-order valence-corrected chi connectivity index (χ0v) is 17.2. The van der Waals surface area contributed by atoms with E-state index >= 15 is 0 Å². The summed E-state index contributed by atoms with van der Waals surface area (Å²) in [5.74, 6) is 0.874. The van der Waals surface area contributed by atoms with E-state index in [4.69, 9.17) is 10.2 Å². The third kappa shape index (κ3) is 2.68. The van der Waals surface area contributed by atoms with Crippen LogP contribution >= 0.6 is 0 Å². The number of carbonyl (C=O) groups is 1. The third-order valence-electron chi connectivity index (χ3n) is 5.35. The van der Waals surface area contributed by atoms with Crippen molar-refractivity contribution < 1.29 is 9.21 Å². The SMILES string of the molecule is CN(C)C(=O)C(C)(c1ccccc1)n1ncc2c1nc(N)n1nc(-c3ccco3)nc21. The quantitative estimate of drug-likeness (QED) is 0.477. The lowest BCUT2D eigenvalue weighted by Gasteiger charge is -2.32. The van der Waals surface area contributed by atoms with Crippen molar-refractivity contribution in [3.05, 3.63) is 60.5 Å². The molecule has 0 bridgehead atoms. The molecule has 10 heteroatoms. The maximum absolute atomic E-state index is 13.4. The number of rotatable bonds is 4. The number of nitrogens with zero attached hydrogens (tertiary/aromatic N) is 7. The average Bonchev–Trinajstić information content (AvgIpc) is 3.51. The van der Waals surface area contributed by atoms with E-state index in [1.807, 2.05) is 37.3 Å².